The quantitative estimate of drug-likeness (QED) is 0.716. The second kappa shape index (κ2) is 5.84. The van der Waals surface area contributed by atoms with Gasteiger partial charge in [-0.2, -0.15) is 0 Å². The van der Waals surface area contributed by atoms with Crippen LogP contribution in [0.5, 0.6) is 0 Å². The summed E-state index contributed by atoms with van der Waals surface area (Å²) in [5, 5.41) is 19.9. The number of carboxylic acid groups (broad SMARTS) is 1. The number of carboxylic acids is 1. The largest absolute Gasteiger partial charge is 0.478 e. The normalized spacial score (nSPS) is 52.0. The molecule has 0 bridgehead atoms. The molecule has 0 aromatic rings. The van der Waals surface area contributed by atoms with Crippen molar-refractivity contribution in [2.45, 2.75) is 77.2 Å². The van der Waals surface area contributed by atoms with E-state index in [0.717, 1.165) is 43.4 Å². The highest BCUT2D eigenvalue weighted by Crippen LogP contribution is 2.65. The summed E-state index contributed by atoms with van der Waals surface area (Å²) < 4.78 is 0. The summed E-state index contributed by atoms with van der Waals surface area (Å²) in [4.78, 5) is 11.5. The van der Waals surface area contributed by atoms with E-state index in [2.05, 4.69) is 13.5 Å². The molecule has 140 valence electrons. The van der Waals surface area contributed by atoms with E-state index >= 15 is 0 Å². The van der Waals surface area contributed by atoms with Crippen molar-refractivity contribution >= 4 is 5.97 Å². The topological polar surface area (TPSA) is 57.5 Å². The van der Waals surface area contributed by atoms with Crippen LogP contribution in [0.1, 0.15) is 71.6 Å². The summed E-state index contributed by atoms with van der Waals surface area (Å²) in [5.74, 6) is 3.13. The fourth-order valence-corrected chi connectivity index (χ4v) is 7.80. The first kappa shape index (κ1) is 17.6. The lowest BCUT2D eigenvalue weighted by Crippen LogP contribution is -2.50. The van der Waals surface area contributed by atoms with Crippen LogP contribution in [0, 0.1) is 40.9 Å². The van der Waals surface area contributed by atoms with E-state index in [0.29, 0.717) is 17.4 Å². The molecule has 0 heterocycles. The zero-order valence-corrected chi connectivity index (χ0v) is 15.8. The van der Waals surface area contributed by atoms with Crippen molar-refractivity contribution in [3.63, 3.8) is 0 Å². The number of hydrogen-bond acceptors (Lipinski definition) is 2. The van der Waals surface area contributed by atoms with E-state index in [1.54, 1.807) is 0 Å². The van der Waals surface area contributed by atoms with Crippen LogP contribution >= 0.6 is 0 Å². The first-order valence-corrected chi connectivity index (χ1v) is 10.4. The molecule has 4 aliphatic rings. The van der Waals surface area contributed by atoms with E-state index in [-0.39, 0.29) is 11.3 Å². The Bertz CT molecular complexity index is 580. The van der Waals surface area contributed by atoms with Gasteiger partial charge in [-0.05, 0) is 106 Å². The smallest absolute Gasteiger partial charge is 0.331 e. The van der Waals surface area contributed by atoms with Gasteiger partial charge in [-0.15, -0.1) is 0 Å². The first-order valence-electron chi connectivity index (χ1n) is 10.4. The van der Waals surface area contributed by atoms with Gasteiger partial charge in [-0.25, -0.2) is 4.79 Å². The molecule has 0 aromatic carbocycles. The number of aliphatic carboxylic acids is 1. The molecule has 0 aromatic heterocycles. The van der Waals surface area contributed by atoms with Crippen LogP contribution in [0.3, 0.4) is 0 Å². The minimum absolute atomic E-state index is 0.142. The van der Waals surface area contributed by atoms with Gasteiger partial charge in [0.15, 0.2) is 0 Å². The molecule has 0 radical (unpaired) electrons. The summed E-state index contributed by atoms with van der Waals surface area (Å²) >= 11 is 0. The Kier molecular flexibility index (Phi) is 4.10. The van der Waals surface area contributed by atoms with Crippen molar-refractivity contribution < 1.29 is 15.0 Å². The lowest BCUT2D eigenvalue weighted by Gasteiger charge is -2.57. The van der Waals surface area contributed by atoms with E-state index in [9.17, 15) is 15.0 Å². The van der Waals surface area contributed by atoms with E-state index in [1.165, 1.54) is 32.1 Å². The summed E-state index contributed by atoms with van der Waals surface area (Å²) in [6.45, 7) is 8.31. The highest BCUT2D eigenvalue weighted by molar-refractivity contribution is 5.86. The Labute approximate surface area is 151 Å². The number of rotatable bonds is 2. The van der Waals surface area contributed by atoms with Gasteiger partial charge in [0, 0.05) is 5.57 Å². The van der Waals surface area contributed by atoms with Crippen LogP contribution in [0.4, 0.5) is 0 Å². The van der Waals surface area contributed by atoms with Crippen LogP contribution < -0.4 is 0 Å². The maximum atomic E-state index is 11.5. The van der Waals surface area contributed by atoms with Gasteiger partial charge < -0.3 is 10.2 Å². The average Bonchev–Trinajstić information content (AvgIpc) is 2.89. The second-order valence-corrected chi connectivity index (χ2v) is 10.2. The Morgan fingerprint density at radius 1 is 0.960 bits per heavy atom. The fourth-order valence-electron chi connectivity index (χ4n) is 7.80. The van der Waals surface area contributed by atoms with Crippen molar-refractivity contribution in [2.24, 2.45) is 40.9 Å². The number of carbonyl (C=O) groups is 1. The molecule has 4 rings (SSSR count). The van der Waals surface area contributed by atoms with Crippen molar-refractivity contribution in [3.05, 3.63) is 12.2 Å². The maximum absolute atomic E-state index is 11.5. The van der Waals surface area contributed by atoms with E-state index < -0.39 is 11.6 Å². The van der Waals surface area contributed by atoms with Gasteiger partial charge >= 0.3 is 5.97 Å². The van der Waals surface area contributed by atoms with Gasteiger partial charge in [-0.3, -0.25) is 0 Å². The molecule has 2 N–H and O–H groups in total. The third-order valence-corrected chi connectivity index (χ3v) is 8.93. The Balaban J connectivity index is 1.55. The average molecular weight is 347 g/mol. The lowest BCUT2D eigenvalue weighted by molar-refractivity contribution is -0.134. The van der Waals surface area contributed by atoms with Gasteiger partial charge in [0.05, 0.1) is 5.60 Å². The molecular weight excluding hydrogens is 312 g/mol. The van der Waals surface area contributed by atoms with E-state index in [1.807, 2.05) is 6.92 Å². The zero-order valence-electron chi connectivity index (χ0n) is 15.8. The van der Waals surface area contributed by atoms with Crippen LogP contribution in [0.25, 0.3) is 0 Å². The predicted molar refractivity (Wildman–Crippen MR) is 98.0 cm³/mol. The molecule has 4 aliphatic carbocycles. The molecule has 0 unspecified atom stereocenters. The summed E-state index contributed by atoms with van der Waals surface area (Å²) in [5.41, 5.74) is 0.143. The monoisotopic (exact) mass is 346 g/mol. The standard InChI is InChI=1S/C22H34O3/c1-13(20(23)24)18-6-7-19-17-5-4-14-12-21(2,25)10-8-15(14)16(17)9-11-22(18,19)3/h14-19,25H,1,4-12H2,2-3H3,(H,23,24)/t14-,15+,16-,17-,18-,19+,21-,22-/m1/s1. The fraction of sp³-hybridized carbons (Fsp3) is 0.864. The van der Waals surface area contributed by atoms with Crippen molar-refractivity contribution in [2.75, 3.05) is 0 Å². The number of fused-ring (bicyclic) bond motifs is 5. The minimum Gasteiger partial charge on any atom is -0.478 e. The van der Waals surface area contributed by atoms with Crippen molar-refractivity contribution in [3.8, 4) is 0 Å². The first-order chi connectivity index (χ1) is 11.7. The molecule has 3 nitrogen and oxygen atoms in total. The maximum Gasteiger partial charge on any atom is 0.331 e. The Hall–Kier alpha value is -0.830. The van der Waals surface area contributed by atoms with E-state index in [4.69, 9.17) is 0 Å². The molecule has 0 saturated heterocycles. The molecule has 0 amide bonds. The van der Waals surface area contributed by atoms with Crippen molar-refractivity contribution in [1.29, 1.82) is 0 Å². The molecule has 25 heavy (non-hydrogen) atoms. The second-order valence-electron chi connectivity index (χ2n) is 10.2. The minimum atomic E-state index is -0.799. The highest BCUT2D eigenvalue weighted by Gasteiger charge is 2.58. The molecule has 4 saturated carbocycles. The summed E-state index contributed by atoms with van der Waals surface area (Å²) in [6, 6.07) is 0. The highest BCUT2D eigenvalue weighted by atomic mass is 16.4. The van der Waals surface area contributed by atoms with Crippen LogP contribution in [-0.2, 0) is 4.79 Å². The van der Waals surface area contributed by atoms with Gasteiger partial charge in [-0.1, -0.05) is 13.5 Å². The predicted octanol–water partition coefficient (Wildman–Crippen LogP) is 4.65. The van der Waals surface area contributed by atoms with Gasteiger partial charge in [0.2, 0.25) is 0 Å². The third-order valence-electron chi connectivity index (χ3n) is 8.93. The molecule has 3 heteroatoms. The summed E-state index contributed by atoms with van der Waals surface area (Å²) in [6.07, 6.45) is 10.3. The molecule has 0 spiro atoms. The lowest BCUT2D eigenvalue weighted by atomic mass is 9.49. The van der Waals surface area contributed by atoms with Crippen LogP contribution in [0.2, 0.25) is 0 Å². The Morgan fingerprint density at radius 2 is 1.68 bits per heavy atom. The molecule has 4 fully saturated rings. The van der Waals surface area contributed by atoms with Crippen molar-refractivity contribution in [1.82, 2.24) is 0 Å². The van der Waals surface area contributed by atoms with Gasteiger partial charge in [0.25, 0.3) is 0 Å². The summed E-state index contributed by atoms with van der Waals surface area (Å²) in [7, 11) is 0. The molecular formula is C22H34O3. The van der Waals surface area contributed by atoms with Gasteiger partial charge in [0.1, 0.15) is 0 Å². The van der Waals surface area contributed by atoms with Crippen LogP contribution in [0.15, 0.2) is 12.2 Å². The molecule has 8 atom stereocenters. The van der Waals surface area contributed by atoms with Crippen LogP contribution in [-0.4, -0.2) is 21.8 Å². The number of hydrogen-bond donors (Lipinski definition) is 2. The third kappa shape index (κ3) is 2.69. The molecule has 0 aliphatic heterocycles. The SMILES string of the molecule is C=C(C(=O)O)[C@H]1CC[C@H]2[C@@H]3CC[C@@H]4C[C@](C)(O)CC[C@@H]4[C@H]3CC[C@]12C. The zero-order chi connectivity index (χ0) is 18.0. The Morgan fingerprint density at radius 3 is 2.40 bits per heavy atom. The number of aliphatic hydroxyl groups is 1.